The van der Waals surface area contributed by atoms with Crippen LogP contribution in [0.3, 0.4) is 0 Å². The van der Waals surface area contributed by atoms with Crippen molar-refractivity contribution in [2.45, 2.75) is 24.7 Å². The lowest BCUT2D eigenvalue weighted by molar-refractivity contribution is -0.00170. The van der Waals surface area contributed by atoms with Gasteiger partial charge in [0.15, 0.2) is 9.84 Å². The molecular weight excluding hydrogens is 222 g/mol. The van der Waals surface area contributed by atoms with Gasteiger partial charge in [0.1, 0.15) is 0 Å². The number of rotatable bonds is 4. The molecular formula is C8H17NO5S. The number of nitrogens with one attached hydrogen (secondary N) is 1. The van der Waals surface area contributed by atoms with E-state index in [1.807, 2.05) is 0 Å². The zero-order valence-electron chi connectivity index (χ0n) is 8.55. The van der Waals surface area contributed by atoms with Crippen LogP contribution >= 0.6 is 0 Å². The predicted molar refractivity (Wildman–Crippen MR) is 54.2 cm³/mol. The van der Waals surface area contributed by atoms with Gasteiger partial charge >= 0.3 is 0 Å². The molecule has 6 nitrogen and oxygen atoms in total. The first-order chi connectivity index (χ1) is 6.76. The first-order valence-electron chi connectivity index (χ1n) is 4.71. The first kappa shape index (κ1) is 12.9. The van der Waals surface area contributed by atoms with Crippen molar-refractivity contribution in [1.82, 2.24) is 5.32 Å². The molecule has 1 rings (SSSR count). The van der Waals surface area contributed by atoms with E-state index < -0.39 is 34.2 Å². The fraction of sp³-hybridized carbons (Fsp3) is 1.00. The Morgan fingerprint density at radius 2 is 2.07 bits per heavy atom. The van der Waals surface area contributed by atoms with Gasteiger partial charge in [-0.15, -0.1) is 0 Å². The molecule has 0 aliphatic carbocycles. The maximum absolute atomic E-state index is 11.1. The minimum atomic E-state index is -3.18. The highest BCUT2D eigenvalue weighted by Crippen LogP contribution is 2.13. The molecule has 90 valence electrons. The Hall–Kier alpha value is -0.210. The molecule has 7 heteroatoms. The molecule has 0 radical (unpaired) electrons. The molecule has 15 heavy (non-hydrogen) atoms. The standard InChI is InChI=1S/C8H17NO5S/c1-8(12,5-10)4-9-6-2-15(13,14)3-7(6)11/h6-7,9-12H,2-5H2,1H3. The summed E-state index contributed by atoms with van der Waals surface area (Å²) < 4.78 is 22.3. The molecule has 0 amide bonds. The van der Waals surface area contributed by atoms with Crippen molar-refractivity contribution in [1.29, 1.82) is 0 Å². The highest BCUT2D eigenvalue weighted by Gasteiger charge is 2.37. The maximum Gasteiger partial charge on any atom is 0.154 e. The predicted octanol–water partition coefficient (Wildman–Crippen LogP) is -2.52. The summed E-state index contributed by atoms with van der Waals surface area (Å²) in [5.41, 5.74) is -1.30. The molecule has 3 atom stereocenters. The highest BCUT2D eigenvalue weighted by atomic mass is 32.2. The van der Waals surface area contributed by atoms with Crippen molar-refractivity contribution < 1.29 is 23.7 Å². The van der Waals surface area contributed by atoms with Gasteiger partial charge in [0, 0.05) is 12.6 Å². The van der Waals surface area contributed by atoms with E-state index in [0.717, 1.165) is 0 Å². The molecule has 1 heterocycles. The molecule has 0 spiro atoms. The van der Waals surface area contributed by atoms with E-state index in [2.05, 4.69) is 5.32 Å². The van der Waals surface area contributed by atoms with Crippen molar-refractivity contribution in [3.05, 3.63) is 0 Å². The molecule has 0 aromatic carbocycles. The van der Waals surface area contributed by atoms with E-state index in [0.29, 0.717) is 0 Å². The zero-order valence-corrected chi connectivity index (χ0v) is 9.37. The first-order valence-corrected chi connectivity index (χ1v) is 6.53. The molecule has 4 N–H and O–H groups in total. The Balaban J connectivity index is 2.48. The number of hydrogen-bond donors (Lipinski definition) is 4. The van der Waals surface area contributed by atoms with Gasteiger partial charge in [0.05, 0.1) is 29.8 Å². The van der Waals surface area contributed by atoms with Crippen LogP contribution in [-0.4, -0.2) is 66.1 Å². The van der Waals surface area contributed by atoms with Gasteiger partial charge in [-0.1, -0.05) is 0 Å². The summed E-state index contributed by atoms with van der Waals surface area (Å²) in [5.74, 6) is -0.373. The molecule has 1 aliphatic heterocycles. The lowest BCUT2D eigenvalue weighted by Gasteiger charge is -2.24. The topological polar surface area (TPSA) is 107 Å². The van der Waals surface area contributed by atoms with Crippen molar-refractivity contribution in [3.63, 3.8) is 0 Å². The lowest BCUT2D eigenvalue weighted by Crippen LogP contribution is -2.48. The van der Waals surface area contributed by atoms with E-state index in [1.54, 1.807) is 0 Å². The minimum Gasteiger partial charge on any atom is -0.393 e. The van der Waals surface area contributed by atoms with Crippen LogP contribution in [-0.2, 0) is 9.84 Å². The van der Waals surface area contributed by atoms with Crippen LogP contribution in [0, 0.1) is 0 Å². The van der Waals surface area contributed by atoms with E-state index >= 15 is 0 Å². The Labute approximate surface area is 88.8 Å². The summed E-state index contributed by atoms with van der Waals surface area (Å²) in [4.78, 5) is 0. The molecule has 0 saturated carbocycles. The molecule has 1 saturated heterocycles. The van der Waals surface area contributed by atoms with Gasteiger partial charge in [-0.25, -0.2) is 8.42 Å². The molecule has 0 aromatic rings. The Bertz CT molecular complexity index is 313. The third-order valence-corrected chi connectivity index (χ3v) is 4.12. The van der Waals surface area contributed by atoms with Gasteiger partial charge in [0.2, 0.25) is 0 Å². The van der Waals surface area contributed by atoms with Crippen LogP contribution in [0.1, 0.15) is 6.92 Å². The summed E-state index contributed by atoms with van der Waals surface area (Å²) in [6.07, 6.45) is -0.940. The summed E-state index contributed by atoms with van der Waals surface area (Å²) in [6, 6.07) is -0.562. The van der Waals surface area contributed by atoms with Crippen molar-refractivity contribution in [3.8, 4) is 0 Å². The smallest absolute Gasteiger partial charge is 0.154 e. The number of sulfone groups is 1. The lowest BCUT2D eigenvalue weighted by atomic mass is 10.1. The zero-order chi connectivity index (χ0) is 11.7. The third-order valence-electron chi connectivity index (χ3n) is 2.41. The fourth-order valence-electron chi connectivity index (χ4n) is 1.43. The van der Waals surface area contributed by atoms with E-state index in [4.69, 9.17) is 5.11 Å². The summed E-state index contributed by atoms with van der Waals surface area (Å²) in [7, 11) is -3.18. The van der Waals surface area contributed by atoms with Crippen molar-refractivity contribution in [2.75, 3.05) is 24.7 Å². The van der Waals surface area contributed by atoms with E-state index in [-0.39, 0.29) is 18.1 Å². The molecule has 1 aliphatic rings. The summed E-state index contributed by atoms with van der Waals surface area (Å²) in [5, 5.41) is 30.4. The van der Waals surface area contributed by atoms with Crippen LogP contribution in [0.4, 0.5) is 0 Å². The Kier molecular flexibility index (Phi) is 3.72. The van der Waals surface area contributed by atoms with Gasteiger partial charge < -0.3 is 20.6 Å². The van der Waals surface area contributed by atoms with Gasteiger partial charge in [-0.05, 0) is 6.92 Å². The van der Waals surface area contributed by atoms with Crippen molar-refractivity contribution in [2.24, 2.45) is 0 Å². The number of hydrogen-bond acceptors (Lipinski definition) is 6. The van der Waals surface area contributed by atoms with E-state index in [9.17, 15) is 18.6 Å². The van der Waals surface area contributed by atoms with E-state index in [1.165, 1.54) is 6.92 Å². The normalized spacial score (nSPS) is 33.9. The quantitative estimate of drug-likeness (QED) is 0.431. The van der Waals surface area contributed by atoms with Crippen LogP contribution < -0.4 is 5.32 Å². The molecule has 0 aromatic heterocycles. The number of aliphatic hydroxyl groups is 3. The third kappa shape index (κ3) is 3.69. The molecule has 1 fully saturated rings. The van der Waals surface area contributed by atoms with Crippen LogP contribution in [0.2, 0.25) is 0 Å². The monoisotopic (exact) mass is 239 g/mol. The Morgan fingerprint density at radius 1 is 1.47 bits per heavy atom. The van der Waals surface area contributed by atoms with Crippen molar-refractivity contribution >= 4 is 9.84 Å². The van der Waals surface area contributed by atoms with Gasteiger partial charge in [-0.3, -0.25) is 0 Å². The second kappa shape index (κ2) is 4.34. The SMILES string of the molecule is CC(O)(CO)CNC1CS(=O)(=O)CC1O. The molecule has 3 unspecified atom stereocenters. The van der Waals surface area contributed by atoms with Crippen LogP contribution in [0.25, 0.3) is 0 Å². The average Bonchev–Trinajstić information content (AvgIpc) is 2.36. The molecule has 0 bridgehead atoms. The fourth-order valence-corrected chi connectivity index (χ4v) is 3.21. The number of aliphatic hydroxyl groups excluding tert-OH is 2. The summed E-state index contributed by atoms with van der Waals surface area (Å²) >= 11 is 0. The maximum atomic E-state index is 11.1. The van der Waals surface area contributed by atoms with Gasteiger partial charge in [-0.2, -0.15) is 0 Å². The summed E-state index contributed by atoms with van der Waals surface area (Å²) in [6.45, 7) is 1.05. The Morgan fingerprint density at radius 3 is 2.47 bits per heavy atom. The minimum absolute atomic E-state index is 0.0424. The second-order valence-corrected chi connectivity index (χ2v) is 6.44. The van der Waals surface area contributed by atoms with Crippen LogP contribution in [0.5, 0.6) is 0 Å². The largest absolute Gasteiger partial charge is 0.393 e. The second-order valence-electron chi connectivity index (χ2n) is 4.29. The van der Waals surface area contributed by atoms with Gasteiger partial charge in [0.25, 0.3) is 0 Å². The van der Waals surface area contributed by atoms with Crippen LogP contribution in [0.15, 0.2) is 0 Å². The average molecular weight is 239 g/mol. The highest BCUT2D eigenvalue weighted by molar-refractivity contribution is 7.91.